The van der Waals surface area contributed by atoms with Crippen molar-refractivity contribution in [2.75, 3.05) is 6.54 Å². The molecule has 5 heteroatoms. The molecule has 1 aliphatic rings. The second kappa shape index (κ2) is 4.41. The molecule has 1 amide bonds. The fourth-order valence-corrected chi connectivity index (χ4v) is 2.05. The van der Waals surface area contributed by atoms with Gasteiger partial charge in [0.1, 0.15) is 5.54 Å². The lowest BCUT2D eigenvalue weighted by atomic mass is 9.84. The van der Waals surface area contributed by atoms with Crippen molar-refractivity contribution in [2.24, 2.45) is 11.1 Å². The highest BCUT2D eigenvalue weighted by atomic mass is 16.4. The molecule has 0 radical (unpaired) electrons. The first-order chi connectivity index (χ1) is 7.34. The van der Waals surface area contributed by atoms with Crippen molar-refractivity contribution in [1.29, 1.82) is 0 Å². The number of nitrogens with two attached hydrogens (primary N) is 1. The molecule has 92 valence electrons. The Morgan fingerprint density at radius 2 is 1.88 bits per heavy atom. The largest absolute Gasteiger partial charge is 0.480 e. The van der Waals surface area contributed by atoms with Crippen LogP contribution in [0.1, 0.15) is 39.5 Å². The number of hydrogen-bond acceptors (Lipinski definition) is 3. The minimum absolute atomic E-state index is 0.222. The summed E-state index contributed by atoms with van der Waals surface area (Å²) in [6, 6.07) is 0. The Hall–Kier alpha value is -1.10. The minimum Gasteiger partial charge on any atom is -0.480 e. The van der Waals surface area contributed by atoms with Crippen LogP contribution < -0.4 is 11.1 Å². The van der Waals surface area contributed by atoms with Gasteiger partial charge in [0.2, 0.25) is 5.91 Å². The van der Waals surface area contributed by atoms with E-state index < -0.39 is 16.9 Å². The summed E-state index contributed by atoms with van der Waals surface area (Å²) in [5.74, 6) is -1.26. The van der Waals surface area contributed by atoms with E-state index >= 15 is 0 Å². The third kappa shape index (κ3) is 2.35. The lowest BCUT2D eigenvalue weighted by Crippen LogP contribution is -2.55. The van der Waals surface area contributed by atoms with Gasteiger partial charge in [-0.1, -0.05) is 12.8 Å². The van der Waals surface area contributed by atoms with E-state index in [1.54, 1.807) is 0 Å². The molecule has 0 spiro atoms. The third-order valence-electron chi connectivity index (χ3n) is 3.39. The van der Waals surface area contributed by atoms with Crippen LogP contribution in [0.3, 0.4) is 0 Å². The predicted octanol–water partition coefficient (Wildman–Crippen LogP) is 0.485. The monoisotopic (exact) mass is 228 g/mol. The second-order valence-corrected chi connectivity index (χ2v) is 5.08. The summed E-state index contributed by atoms with van der Waals surface area (Å²) in [6.45, 7) is 3.24. The Balaban J connectivity index is 2.74. The first-order valence-electron chi connectivity index (χ1n) is 5.60. The van der Waals surface area contributed by atoms with Gasteiger partial charge in [0.15, 0.2) is 0 Å². The topological polar surface area (TPSA) is 92.4 Å². The highest BCUT2D eigenvalue weighted by Gasteiger charge is 2.43. The molecule has 0 aliphatic heterocycles. The normalized spacial score (nSPS) is 19.4. The lowest BCUT2D eigenvalue weighted by molar-refractivity contribution is -0.148. The third-order valence-corrected chi connectivity index (χ3v) is 3.39. The Labute approximate surface area is 95.4 Å². The summed E-state index contributed by atoms with van der Waals surface area (Å²) in [4.78, 5) is 23.0. The van der Waals surface area contributed by atoms with Crippen LogP contribution in [0.25, 0.3) is 0 Å². The van der Waals surface area contributed by atoms with Crippen LogP contribution in [0.5, 0.6) is 0 Å². The van der Waals surface area contributed by atoms with Crippen molar-refractivity contribution in [3.05, 3.63) is 0 Å². The molecular formula is C11H20N2O3. The van der Waals surface area contributed by atoms with Crippen molar-refractivity contribution >= 4 is 11.9 Å². The van der Waals surface area contributed by atoms with Gasteiger partial charge < -0.3 is 16.2 Å². The molecule has 0 heterocycles. The summed E-state index contributed by atoms with van der Waals surface area (Å²) in [6.07, 6.45) is 3.48. The van der Waals surface area contributed by atoms with E-state index in [1.807, 2.05) is 0 Å². The Bertz CT molecular complexity index is 294. The maximum absolute atomic E-state index is 12.1. The van der Waals surface area contributed by atoms with Crippen molar-refractivity contribution in [3.8, 4) is 0 Å². The maximum Gasteiger partial charge on any atom is 0.328 e. The predicted molar refractivity (Wildman–Crippen MR) is 59.8 cm³/mol. The van der Waals surface area contributed by atoms with E-state index in [9.17, 15) is 9.59 Å². The van der Waals surface area contributed by atoms with Gasteiger partial charge in [0, 0.05) is 6.54 Å². The second-order valence-electron chi connectivity index (χ2n) is 5.08. The number of carboxylic acid groups (broad SMARTS) is 1. The first-order valence-corrected chi connectivity index (χ1v) is 5.60. The molecule has 0 aromatic heterocycles. The fourth-order valence-electron chi connectivity index (χ4n) is 2.05. The highest BCUT2D eigenvalue weighted by molar-refractivity contribution is 5.89. The van der Waals surface area contributed by atoms with E-state index in [0.29, 0.717) is 0 Å². The van der Waals surface area contributed by atoms with Gasteiger partial charge in [-0.3, -0.25) is 4.79 Å². The zero-order chi connectivity index (χ0) is 12.4. The molecule has 1 saturated carbocycles. The standard InChI is InChI=1S/C11H20N2O3/c1-10(2,9(15)16)13-8(14)11(7-12)5-3-4-6-11/h3-7,12H2,1-2H3,(H,13,14)(H,15,16). The average molecular weight is 228 g/mol. The average Bonchev–Trinajstić information content (AvgIpc) is 2.66. The van der Waals surface area contributed by atoms with Gasteiger partial charge >= 0.3 is 5.97 Å². The first kappa shape index (κ1) is 13.0. The van der Waals surface area contributed by atoms with E-state index in [1.165, 1.54) is 13.8 Å². The molecule has 0 unspecified atom stereocenters. The number of nitrogens with one attached hydrogen (secondary N) is 1. The van der Waals surface area contributed by atoms with Crippen LogP contribution in [-0.2, 0) is 9.59 Å². The highest BCUT2D eigenvalue weighted by Crippen LogP contribution is 2.37. The summed E-state index contributed by atoms with van der Waals surface area (Å²) < 4.78 is 0. The number of carboxylic acids is 1. The van der Waals surface area contributed by atoms with Crippen LogP contribution >= 0.6 is 0 Å². The zero-order valence-electron chi connectivity index (χ0n) is 9.88. The zero-order valence-corrected chi connectivity index (χ0v) is 9.88. The molecule has 16 heavy (non-hydrogen) atoms. The molecule has 0 aromatic carbocycles. The number of rotatable bonds is 4. The smallest absolute Gasteiger partial charge is 0.328 e. The molecule has 1 aliphatic carbocycles. The lowest BCUT2D eigenvalue weighted by Gasteiger charge is -2.30. The van der Waals surface area contributed by atoms with Crippen LogP contribution in [0.4, 0.5) is 0 Å². The quantitative estimate of drug-likeness (QED) is 0.652. The van der Waals surface area contributed by atoms with Gasteiger partial charge in [-0.05, 0) is 26.7 Å². The van der Waals surface area contributed by atoms with E-state index in [-0.39, 0.29) is 12.5 Å². The molecule has 4 N–H and O–H groups in total. The van der Waals surface area contributed by atoms with Crippen LogP contribution in [0.15, 0.2) is 0 Å². The fraction of sp³-hybridized carbons (Fsp3) is 0.818. The molecule has 0 aromatic rings. The molecule has 1 fully saturated rings. The molecule has 0 atom stereocenters. The van der Waals surface area contributed by atoms with Crippen molar-refractivity contribution in [3.63, 3.8) is 0 Å². The maximum atomic E-state index is 12.1. The molecule has 0 saturated heterocycles. The van der Waals surface area contributed by atoms with Gasteiger partial charge in [0.25, 0.3) is 0 Å². The van der Waals surface area contributed by atoms with Crippen molar-refractivity contribution < 1.29 is 14.7 Å². The molecular weight excluding hydrogens is 208 g/mol. The Morgan fingerprint density at radius 1 is 1.38 bits per heavy atom. The van der Waals surface area contributed by atoms with Gasteiger partial charge in [-0.25, -0.2) is 4.79 Å². The van der Waals surface area contributed by atoms with E-state index in [2.05, 4.69) is 5.32 Å². The SMILES string of the molecule is CC(C)(NC(=O)C1(CN)CCCC1)C(=O)O. The number of aliphatic carboxylic acids is 1. The summed E-state index contributed by atoms with van der Waals surface area (Å²) in [5, 5.41) is 11.5. The minimum atomic E-state index is -1.23. The summed E-state index contributed by atoms with van der Waals surface area (Å²) >= 11 is 0. The number of carbonyl (C=O) groups is 2. The van der Waals surface area contributed by atoms with Crippen LogP contribution in [0, 0.1) is 5.41 Å². The number of carbonyl (C=O) groups excluding carboxylic acids is 1. The summed E-state index contributed by atoms with van der Waals surface area (Å²) in [7, 11) is 0. The van der Waals surface area contributed by atoms with Gasteiger partial charge in [0.05, 0.1) is 5.41 Å². The number of amides is 1. The molecule has 5 nitrogen and oxygen atoms in total. The Morgan fingerprint density at radius 3 is 2.25 bits per heavy atom. The molecule has 1 rings (SSSR count). The van der Waals surface area contributed by atoms with E-state index in [4.69, 9.17) is 10.8 Å². The Kier molecular flexibility index (Phi) is 3.57. The summed E-state index contributed by atoms with van der Waals surface area (Å²) in [5.41, 5.74) is 3.87. The van der Waals surface area contributed by atoms with Gasteiger partial charge in [-0.15, -0.1) is 0 Å². The molecule has 0 bridgehead atoms. The van der Waals surface area contributed by atoms with Crippen LogP contribution in [0.2, 0.25) is 0 Å². The number of hydrogen-bond donors (Lipinski definition) is 3. The van der Waals surface area contributed by atoms with Crippen molar-refractivity contribution in [1.82, 2.24) is 5.32 Å². The van der Waals surface area contributed by atoms with Crippen molar-refractivity contribution in [2.45, 2.75) is 45.1 Å². The van der Waals surface area contributed by atoms with E-state index in [0.717, 1.165) is 25.7 Å². The van der Waals surface area contributed by atoms with Gasteiger partial charge in [-0.2, -0.15) is 0 Å². The van der Waals surface area contributed by atoms with Crippen LogP contribution in [-0.4, -0.2) is 29.1 Å².